The molecule has 0 aromatic carbocycles. The lowest BCUT2D eigenvalue weighted by Crippen LogP contribution is -2.44. The highest BCUT2D eigenvalue weighted by molar-refractivity contribution is 6.65. The summed E-state index contributed by atoms with van der Waals surface area (Å²) in [6.45, 7) is 15.0. The molecule has 0 aliphatic heterocycles. The molecule has 0 aromatic rings. The van der Waals surface area contributed by atoms with Crippen molar-refractivity contribution in [2.24, 2.45) is 5.41 Å². The van der Waals surface area contributed by atoms with Gasteiger partial charge in [-0.15, -0.1) is 0 Å². The third kappa shape index (κ3) is 4.67. The van der Waals surface area contributed by atoms with E-state index >= 15 is 0 Å². The Balaban J connectivity index is 4.94. The minimum atomic E-state index is -0.204. The molecule has 0 unspecified atom stereocenters. The van der Waals surface area contributed by atoms with Gasteiger partial charge in [0, 0.05) is 6.21 Å². The van der Waals surface area contributed by atoms with E-state index in [-0.39, 0.29) is 17.9 Å². The van der Waals surface area contributed by atoms with Crippen molar-refractivity contribution in [2.75, 3.05) is 0 Å². The highest BCUT2D eigenvalue weighted by atomic mass is 16.5. The SMILES string of the molecule is C/C=C(\C=N)B(CCC)OC(C)(C)C(C)(C)C. The first kappa shape index (κ1) is 16.4. The molecule has 2 nitrogen and oxygen atoms in total. The van der Waals surface area contributed by atoms with E-state index in [0.717, 1.165) is 18.2 Å². The average Bonchev–Trinajstić information content (AvgIpc) is 2.17. The molecule has 17 heavy (non-hydrogen) atoms. The predicted molar refractivity (Wildman–Crippen MR) is 78.0 cm³/mol. The zero-order valence-electron chi connectivity index (χ0n) is 12.6. The van der Waals surface area contributed by atoms with Crippen LogP contribution in [0.15, 0.2) is 11.5 Å². The number of hydrogen-bond acceptors (Lipinski definition) is 2. The van der Waals surface area contributed by atoms with Crippen LogP contribution in [0.1, 0.15) is 54.9 Å². The molecule has 0 saturated carbocycles. The van der Waals surface area contributed by atoms with E-state index < -0.39 is 0 Å². The van der Waals surface area contributed by atoms with Crippen LogP contribution in [0.3, 0.4) is 0 Å². The minimum absolute atomic E-state index is 0.0386. The fourth-order valence-electron chi connectivity index (χ4n) is 1.45. The van der Waals surface area contributed by atoms with Gasteiger partial charge in [-0.2, -0.15) is 0 Å². The molecule has 0 aliphatic rings. The third-order valence-electron chi connectivity index (χ3n) is 3.67. The highest BCUT2D eigenvalue weighted by Gasteiger charge is 2.37. The van der Waals surface area contributed by atoms with Gasteiger partial charge in [-0.05, 0) is 38.0 Å². The first-order valence-electron chi connectivity index (χ1n) is 6.54. The van der Waals surface area contributed by atoms with E-state index in [9.17, 15) is 0 Å². The van der Waals surface area contributed by atoms with Crippen LogP contribution in [0, 0.1) is 10.8 Å². The summed E-state index contributed by atoms with van der Waals surface area (Å²) in [5.41, 5.74) is 0.855. The third-order valence-corrected chi connectivity index (χ3v) is 3.67. The monoisotopic (exact) mass is 237 g/mol. The van der Waals surface area contributed by atoms with Gasteiger partial charge in [-0.3, -0.25) is 0 Å². The fourth-order valence-corrected chi connectivity index (χ4v) is 1.45. The normalized spacial score (nSPS) is 13.7. The number of allylic oxidation sites excluding steroid dienone is 2. The number of rotatable bonds is 6. The predicted octanol–water partition coefficient (Wildman–Crippen LogP) is 4.36. The van der Waals surface area contributed by atoms with Crippen LogP contribution in [0.5, 0.6) is 0 Å². The van der Waals surface area contributed by atoms with Crippen LogP contribution in [0.4, 0.5) is 0 Å². The highest BCUT2D eigenvalue weighted by Crippen LogP contribution is 2.34. The Kier molecular flexibility index (Phi) is 6.18. The van der Waals surface area contributed by atoms with Gasteiger partial charge in [0.2, 0.25) is 0 Å². The van der Waals surface area contributed by atoms with Gasteiger partial charge >= 0.3 is 6.92 Å². The fraction of sp³-hybridized carbons (Fsp3) is 0.786. The van der Waals surface area contributed by atoms with Crippen LogP contribution >= 0.6 is 0 Å². The molecular weight excluding hydrogens is 209 g/mol. The first-order chi connectivity index (χ1) is 7.69. The molecule has 1 N–H and O–H groups in total. The van der Waals surface area contributed by atoms with Gasteiger partial charge in [0.05, 0.1) is 5.60 Å². The standard InChI is InChI=1S/C14H28BNO/c1-8-10-15(12(9-2)11-16)17-14(6,7)13(3,4)5/h9,11,16H,8,10H2,1-7H3/b12-9+,16-11?. The zero-order valence-corrected chi connectivity index (χ0v) is 12.6. The minimum Gasteiger partial charge on any atom is -0.425 e. The van der Waals surface area contributed by atoms with Crippen molar-refractivity contribution in [3.63, 3.8) is 0 Å². The largest absolute Gasteiger partial charge is 0.425 e. The quantitative estimate of drug-likeness (QED) is 0.540. The van der Waals surface area contributed by atoms with Crippen LogP contribution in [-0.2, 0) is 4.65 Å². The van der Waals surface area contributed by atoms with E-state index in [2.05, 4.69) is 41.5 Å². The molecule has 3 heteroatoms. The maximum Gasteiger partial charge on any atom is 0.328 e. The molecule has 0 aromatic heterocycles. The molecule has 98 valence electrons. The van der Waals surface area contributed by atoms with Crippen molar-refractivity contribution in [3.05, 3.63) is 11.5 Å². The molecule has 0 fully saturated rings. The Morgan fingerprint density at radius 2 is 1.76 bits per heavy atom. The van der Waals surface area contributed by atoms with Crippen molar-refractivity contribution < 1.29 is 4.65 Å². The summed E-state index contributed by atoms with van der Waals surface area (Å²) in [6.07, 6.45) is 5.43. The Morgan fingerprint density at radius 1 is 1.24 bits per heavy atom. The number of hydrogen-bond donors (Lipinski definition) is 1. The Hall–Kier alpha value is -0.565. The molecule has 0 atom stereocenters. The van der Waals surface area contributed by atoms with E-state index in [4.69, 9.17) is 10.1 Å². The van der Waals surface area contributed by atoms with Gasteiger partial charge < -0.3 is 10.1 Å². The lowest BCUT2D eigenvalue weighted by molar-refractivity contribution is -0.00121. The lowest BCUT2D eigenvalue weighted by Gasteiger charge is -2.41. The second-order valence-electron chi connectivity index (χ2n) is 6.09. The second-order valence-corrected chi connectivity index (χ2v) is 6.09. The van der Waals surface area contributed by atoms with Crippen molar-refractivity contribution in [2.45, 2.75) is 66.8 Å². The molecule has 0 saturated heterocycles. The van der Waals surface area contributed by atoms with Crippen LogP contribution in [0.25, 0.3) is 0 Å². The molecule has 0 spiro atoms. The maximum atomic E-state index is 7.46. The van der Waals surface area contributed by atoms with Crippen molar-refractivity contribution >= 4 is 13.1 Å². The van der Waals surface area contributed by atoms with Gasteiger partial charge in [0.15, 0.2) is 0 Å². The Labute approximate surface area is 107 Å². The summed E-state index contributed by atoms with van der Waals surface area (Å²) < 4.78 is 6.27. The Morgan fingerprint density at radius 3 is 2.06 bits per heavy atom. The van der Waals surface area contributed by atoms with E-state index in [1.54, 1.807) is 0 Å². The molecule has 0 rings (SSSR count). The van der Waals surface area contributed by atoms with Gasteiger partial charge in [-0.1, -0.05) is 40.2 Å². The molecule has 0 heterocycles. The summed E-state index contributed by atoms with van der Waals surface area (Å²) in [7, 11) is 0. The van der Waals surface area contributed by atoms with Gasteiger partial charge in [0.1, 0.15) is 0 Å². The van der Waals surface area contributed by atoms with E-state index in [1.807, 2.05) is 13.0 Å². The average molecular weight is 237 g/mol. The topological polar surface area (TPSA) is 33.1 Å². The van der Waals surface area contributed by atoms with Gasteiger partial charge in [0.25, 0.3) is 0 Å². The molecule has 0 radical (unpaired) electrons. The molecular formula is C14H28BNO. The summed E-state index contributed by atoms with van der Waals surface area (Å²) in [5.74, 6) is 0. The smallest absolute Gasteiger partial charge is 0.328 e. The summed E-state index contributed by atoms with van der Waals surface area (Å²) in [4.78, 5) is 0. The van der Waals surface area contributed by atoms with Crippen LogP contribution < -0.4 is 0 Å². The maximum absolute atomic E-state index is 7.46. The van der Waals surface area contributed by atoms with Crippen molar-refractivity contribution in [1.82, 2.24) is 0 Å². The lowest BCUT2D eigenvalue weighted by atomic mass is 9.55. The zero-order chi connectivity index (χ0) is 13.7. The first-order valence-corrected chi connectivity index (χ1v) is 6.54. The molecule has 0 bridgehead atoms. The van der Waals surface area contributed by atoms with Crippen LogP contribution in [-0.4, -0.2) is 18.7 Å². The summed E-state index contributed by atoms with van der Waals surface area (Å²) in [6, 6.07) is 0. The molecule has 0 amide bonds. The molecule has 0 aliphatic carbocycles. The van der Waals surface area contributed by atoms with Crippen molar-refractivity contribution in [1.29, 1.82) is 5.41 Å². The van der Waals surface area contributed by atoms with Crippen LogP contribution in [0.2, 0.25) is 6.32 Å². The Bertz CT molecular complexity index is 276. The van der Waals surface area contributed by atoms with E-state index in [1.165, 1.54) is 6.21 Å². The van der Waals surface area contributed by atoms with Crippen molar-refractivity contribution in [3.8, 4) is 0 Å². The second kappa shape index (κ2) is 6.39. The summed E-state index contributed by atoms with van der Waals surface area (Å²) in [5, 5.41) is 7.46. The van der Waals surface area contributed by atoms with Gasteiger partial charge in [-0.25, -0.2) is 0 Å². The summed E-state index contributed by atoms with van der Waals surface area (Å²) >= 11 is 0. The van der Waals surface area contributed by atoms with E-state index in [0.29, 0.717) is 0 Å². The number of nitrogens with one attached hydrogen (secondary N) is 1.